The molecule has 1 aliphatic carbocycles. The number of hydrogen-bond donors (Lipinski definition) is 1. The molecule has 37 heavy (non-hydrogen) atoms. The molecule has 1 fully saturated rings. The summed E-state index contributed by atoms with van der Waals surface area (Å²) >= 11 is 12.3. The van der Waals surface area contributed by atoms with Gasteiger partial charge in [0.15, 0.2) is 0 Å². The number of aryl methyl sites for hydroxylation is 1. The van der Waals surface area contributed by atoms with Crippen LogP contribution in [-0.4, -0.2) is 50.0 Å². The van der Waals surface area contributed by atoms with Crippen LogP contribution in [0, 0.1) is 6.92 Å². The normalized spacial score (nSPS) is 15.2. The summed E-state index contributed by atoms with van der Waals surface area (Å²) in [6.07, 6.45) is 6.56. The van der Waals surface area contributed by atoms with E-state index in [1.165, 1.54) is 4.90 Å². The lowest BCUT2D eigenvalue weighted by Crippen LogP contribution is -2.54. The minimum Gasteiger partial charge on any atom is -0.352 e. The Labute approximate surface area is 230 Å². The zero-order valence-electron chi connectivity index (χ0n) is 21.5. The number of nitrogens with zero attached hydrogens (tertiary/aromatic N) is 2. The highest BCUT2D eigenvalue weighted by Gasteiger charge is 2.33. The van der Waals surface area contributed by atoms with E-state index in [2.05, 4.69) is 5.32 Å². The van der Waals surface area contributed by atoms with E-state index in [1.807, 2.05) is 6.92 Å². The lowest BCUT2D eigenvalue weighted by Gasteiger charge is -2.34. The number of nitrogens with one attached hydrogen (secondary N) is 1. The van der Waals surface area contributed by atoms with E-state index >= 15 is 0 Å². The molecule has 0 radical (unpaired) electrons. The summed E-state index contributed by atoms with van der Waals surface area (Å²) in [5.74, 6) is -0.713. The van der Waals surface area contributed by atoms with E-state index in [0.29, 0.717) is 27.7 Å². The van der Waals surface area contributed by atoms with Crippen molar-refractivity contribution in [2.75, 3.05) is 17.1 Å². The average molecular weight is 569 g/mol. The molecule has 1 atom stereocenters. The van der Waals surface area contributed by atoms with Crippen molar-refractivity contribution in [1.82, 2.24) is 10.2 Å². The van der Waals surface area contributed by atoms with Gasteiger partial charge >= 0.3 is 0 Å². The molecule has 0 aliphatic heterocycles. The van der Waals surface area contributed by atoms with Gasteiger partial charge in [0, 0.05) is 12.6 Å². The number of sulfonamides is 1. The van der Waals surface area contributed by atoms with Crippen LogP contribution in [0.3, 0.4) is 0 Å². The molecule has 2 aromatic carbocycles. The van der Waals surface area contributed by atoms with E-state index in [9.17, 15) is 18.0 Å². The number of anilines is 1. The van der Waals surface area contributed by atoms with Crippen LogP contribution in [0.2, 0.25) is 10.0 Å². The first-order chi connectivity index (χ1) is 17.5. The first-order valence-electron chi connectivity index (χ1n) is 12.6. The number of benzene rings is 2. The van der Waals surface area contributed by atoms with E-state index in [0.717, 1.165) is 48.2 Å². The SMILES string of the molecule is CC[C@@H](C(=O)NC1CCCCC1)N(Cc1ccc(Cl)c(Cl)c1)C(=O)CN(c1ccccc1C)S(C)(=O)=O. The van der Waals surface area contributed by atoms with Crippen molar-refractivity contribution in [1.29, 1.82) is 0 Å². The van der Waals surface area contributed by atoms with E-state index in [1.54, 1.807) is 49.4 Å². The van der Waals surface area contributed by atoms with E-state index in [-0.39, 0.29) is 18.5 Å². The molecule has 10 heteroatoms. The maximum atomic E-state index is 13.8. The molecular weight excluding hydrogens is 533 g/mol. The second kappa shape index (κ2) is 13.0. The smallest absolute Gasteiger partial charge is 0.244 e. The summed E-state index contributed by atoms with van der Waals surface area (Å²) in [5.41, 5.74) is 1.83. The van der Waals surface area contributed by atoms with Gasteiger partial charge in [0.25, 0.3) is 0 Å². The summed E-state index contributed by atoms with van der Waals surface area (Å²) in [4.78, 5) is 28.7. The predicted molar refractivity (Wildman–Crippen MR) is 149 cm³/mol. The molecule has 0 aromatic heterocycles. The molecule has 0 unspecified atom stereocenters. The fourth-order valence-electron chi connectivity index (χ4n) is 4.74. The molecule has 0 bridgehead atoms. The molecule has 0 heterocycles. The number of hydrogen-bond acceptors (Lipinski definition) is 4. The zero-order valence-corrected chi connectivity index (χ0v) is 23.9. The number of amides is 2. The Morgan fingerprint density at radius 3 is 2.32 bits per heavy atom. The average Bonchev–Trinajstić information content (AvgIpc) is 2.85. The van der Waals surface area contributed by atoms with Crippen LogP contribution in [0.5, 0.6) is 0 Å². The maximum Gasteiger partial charge on any atom is 0.244 e. The number of para-hydroxylation sites is 1. The van der Waals surface area contributed by atoms with Gasteiger partial charge in [-0.25, -0.2) is 8.42 Å². The van der Waals surface area contributed by atoms with Crippen molar-refractivity contribution in [2.45, 2.75) is 71.0 Å². The third-order valence-corrected chi connectivity index (χ3v) is 8.60. The van der Waals surface area contributed by atoms with Gasteiger partial charge < -0.3 is 10.2 Å². The van der Waals surface area contributed by atoms with Gasteiger partial charge in [0.05, 0.1) is 22.0 Å². The highest BCUT2D eigenvalue weighted by Crippen LogP contribution is 2.26. The molecule has 0 saturated heterocycles. The number of rotatable bonds is 10. The van der Waals surface area contributed by atoms with Gasteiger partial charge in [-0.05, 0) is 55.5 Å². The molecule has 1 aliphatic rings. The van der Waals surface area contributed by atoms with Crippen LogP contribution in [0.1, 0.15) is 56.6 Å². The summed E-state index contributed by atoms with van der Waals surface area (Å²) in [6, 6.07) is 11.3. The van der Waals surface area contributed by atoms with Crippen LogP contribution >= 0.6 is 23.2 Å². The number of carbonyl (C=O) groups excluding carboxylic acids is 2. The number of carbonyl (C=O) groups is 2. The van der Waals surface area contributed by atoms with Gasteiger partial charge in [0.1, 0.15) is 12.6 Å². The predicted octanol–water partition coefficient (Wildman–Crippen LogP) is 5.32. The Morgan fingerprint density at radius 1 is 1.05 bits per heavy atom. The Morgan fingerprint density at radius 2 is 1.73 bits per heavy atom. The molecule has 202 valence electrons. The maximum absolute atomic E-state index is 13.8. The number of halogens is 2. The molecule has 3 rings (SSSR count). The van der Waals surface area contributed by atoms with Crippen LogP contribution in [-0.2, 0) is 26.2 Å². The first kappa shape index (κ1) is 29.3. The van der Waals surface area contributed by atoms with Crippen molar-refractivity contribution in [3.8, 4) is 0 Å². The minimum atomic E-state index is -3.78. The Hall–Kier alpha value is -2.29. The lowest BCUT2D eigenvalue weighted by atomic mass is 9.95. The van der Waals surface area contributed by atoms with Crippen molar-refractivity contribution in [3.05, 3.63) is 63.6 Å². The topological polar surface area (TPSA) is 86.8 Å². The van der Waals surface area contributed by atoms with Gasteiger partial charge in [-0.2, -0.15) is 0 Å². The highest BCUT2D eigenvalue weighted by molar-refractivity contribution is 7.92. The third-order valence-electron chi connectivity index (χ3n) is 6.74. The zero-order chi connectivity index (χ0) is 27.2. The largest absolute Gasteiger partial charge is 0.352 e. The Kier molecular flexibility index (Phi) is 10.3. The third kappa shape index (κ3) is 7.85. The van der Waals surface area contributed by atoms with Gasteiger partial charge in [-0.3, -0.25) is 13.9 Å². The lowest BCUT2D eigenvalue weighted by molar-refractivity contribution is -0.140. The van der Waals surface area contributed by atoms with Gasteiger partial charge in [0.2, 0.25) is 21.8 Å². The van der Waals surface area contributed by atoms with Crippen molar-refractivity contribution >= 4 is 50.7 Å². The minimum absolute atomic E-state index is 0.0803. The second-order valence-electron chi connectivity index (χ2n) is 9.59. The van der Waals surface area contributed by atoms with Crippen LogP contribution < -0.4 is 9.62 Å². The quantitative estimate of drug-likeness (QED) is 0.420. The summed E-state index contributed by atoms with van der Waals surface area (Å²) in [5, 5.41) is 3.84. The summed E-state index contributed by atoms with van der Waals surface area (Å²) in [7, 11) is -3.78. The second-order valence-corrected chi connectivity index (χ2v) is 12.3. The molecule has 2 aromatic rings. The van der Waals surface area contributed by atoms with Crippen molar-refractivity contribution in [2.24, 2.45) is 0 Å². The van der Waals surface area contributed by atoms with Crippen molar-refractivity contribution < 1.29 is 18.0 Å². The van der Waals surface area contributed by atoms with Crippen LogP contribution in [0.25, 0.3) is 0 Å². The standard InChI is InChI=1S/C27H35Cl2N3O4S/c1-4-24(27(34)30-21-11-6-5-7-12-21)31(17-20-14-15-22(28)23(29)16-20)26(33)18-32(37(3,35)36)25-13-9-8-10-19(25)2/h8-10,13-16,21,24H,4-7,11-12,17-18H2,1-3H3,(H,30,34)/t24-/m0/s1. The van der Waals surface area contributed by atoms with Crippen LogP contribution in [0.4, 0.5) is 5.69 Å². The molecule has 0 spiro atoms. The molecule has 2 amide bonds. The molecule has 1 N–H and O–H groups in total. The van der Waals surface area contributed by atoms with E-state index < -0.39 is 28.5 Å². The fraction of sp³-hybridized carbons (Fsp3) is 0.481. The fourth-order valence-corrected chi connectivity index (χ4v) is 5.96. The summed E-state index contributed by atoms with van der Waals surface area (Å²) < 4.78 is 26.6. The first-order valence-corrected chi connectivity index (χ1v) is 15.2. The Balaban J connectivity index is 1.94. The molecule has 1 saturated carbocycles. The van der Waals surface area contributed by atoms with Gasteiger partial charge in [-0.15, -0.1) is 0 Å². The van der Waals surface area contributed by atoms with Gasteiger partial charge in [-0.1, -0.05) is 73.7 Å². The molecule has 7 nitrogen and oxygen atoms in total. The Bertz CT molecular complexity index is 1220. The summed E-state index contributed by atoms with van der Waals surface area (Å²) in [6.45, 7) is 3.28. The van der Waals surface area contributed by atoms with E-state index in [4.69, 9.17) is 23.2 Å². The van der Waals surface area contributed by atoms with Crippen LogP contribution in [0.15, 0.2) is 42.5 Å². The monoisotopic (exact) mass is 567 g/mol. The highest BCUT2D eigenvalue weighted by atomic mass is 35.5. The molecular formula is C27H35Cl2N3O4S. The van der Waals surface area contributed by atoms with Crippen molar-refractivity contribution in [3.63, 3.8) is 0 Å².